The van der Waals surface area contributed by atoms with Crippen LogP contribution in [0.1, 0.15) is 16.7 Å². The molecule has 3 rings (SSSR count). The SMILES string of the molecule is Cc1cc(=O)oc2c(C)c(OCC(=O)NCCc3ccccc3F)ccc12. The topological polar surface area (TPSA) is 68.5 Å². The van der Waals surface area contributed by atoms with E-state index in [1.165, 1.54) is 12.1 Å². The van der Waals surface area contributed by atoms with Gasteiger partial charge in [-0.1, -0.05) is 18.2 Å². The first-order valence-corrected chi connectivity index (χ1v) is 8.62. The van der Waals surface area contributed by atoms with Gasteiger partial charge in [0.25, 0.3) is 5.91 Å². The van der Waals surface area contributed by atoms with E-state index in [4.69, 9.17) is 9.15 Å². The van der Waals surface area contributed by atoms with Crippen LogP contribution >= 0.6 is 0 Å². The first-order valence-electron chi connectivity index (χ1n) is 8.62. The molecule has 0 spiro atoms. The minimum Gasteiger partial charge on any atom is -0.483 e. The first-order chi connectivity index (χ1) is 13.0. The summed E-state index contributed by atoms with van der Waals surface area (Å²) in [5.74, 6) is -0.122. The normalized spacial score (nSPS) is 10.8. The van der Waals surface area contributed by atoms with Gasteiger partial charge in [-0.3, -0.25) is 4.79 Å². The Morgan fingerprint density at radius 1 is 1.19 bits per heavy atom. The lowest BCUT2D eigenvalue weighted by molar-refractivity contribution is -0.123. The van der Waals surface area contributed by atoms with E-state index in [9.17, 15) is 14.0 Å². The molecule has 1 aromatic heterocycles. The summed E-state index contributed by atoms with van der Waals surface area (Å²) in [5.41, 5.74) is 2.06. The number of fused-ring (bicyclic) bond motifs is 1. The molecule has 0 bridgehead atoms. The Bertz CT molecular complexity index is 1040. The monoisotopic (exact) mass is 369 g/mol. The zero-order chi connectivity index (χ0) is 19.4. The molecule has 0 saturated heterocycles. The minimum atomic E-state index is -0.425. The fourth-order valence-electron chi connectivity index (χ4n) is 2.89. The van der Waals surface area contributed by atoms with Crippen molar-refractivity contribution in [2.75, 3.05) is 13.2 Å². The van der Waals surface area contributed by atoms with Gasteiger partial charge in [0.1, 0.15) is 17.1 Å². The summed E-state index contributed by atoms with van der Waals surface area (Å²) < 4.78 is 24.4. The molecule has 1 heterocycles. The number of benzene rings is 2. The highest BCUT2D eigenvalue weighted by Gasteiger charge is 2.11. The minimum absolute atomic E-state index is 0.181. The molecular weight excluding hydrogens is 349 g/mol. The van der Waals surface area contributed by atoms with Crippen molar-refractivity contribution >= 4 is 16.9 Å². The Labute approximate surface area is 155 Å². The van der Waals surface area contributed by atoms with Crippen LogP contribution in [0.3, 0.4) is 0 Å². The summed E-state index contributed by atoms with van der Waals surface area (Å²) in [7, 11) is 0. The average molecular weight is 369 g/mol. The smallest absolute Gasteiger partial charge is 0.336 e. The predicted molar refractivity (Wildman–Crippen MR) is 101 cm³/mol. The van der Waals surface area contributed by atoms with Crippen molar-refractivity contribution in [1.82, 2.24) is 5.32 Å². The number of carbonyl (C=O) groups excluding carboxylic acids is 1. The van der Waals surface area contributed by atoms with E-state index in [2.05, 4.69) is 5.32 Å². The third-order valence-electron chi connectivity index (χ3n) is 4.35. The second-order valence-corrected chi connectivity index (χ2v) is 6.29. The summed E-state index contributed by atoms with van der Waals surface area (Å²) in [6.07, 6.45) is 0.401. The number of ether oxygens (including phenoxy) is 1. The van der Waals surface area contributed by atoms with Gasteiger partial charge in [0, 0.05) is 23.6 Å². The summed E-state index contributed by atoms with van der Waals surface area (Å²) in [6.45, 7) is 3.74. The van der Waals surface area contributed by atoms with Crippen LogP contribution < -0.4 is 15.7 Å². The van der Waals surface area contributed by atoms with E-state index in [0.29, 0.717) is 35.4 Å². The molecule has 3 aromatic rings. The van der Waals surface area contributed by atoms with Crippen molar-refractivity contribution < 1.29 is 18.3 Å². The van der Waals surface area contributed by atoms with Gasteiger partial charge in [0.2, 0.25) is 0 Å². The second kappa shape index (κ2) is 8.03. The van der Waals surface area contributed by atoms with E-state index < -0.39 is 5.63 Å². The maximum absolute atomic E-state index is 13.5. The molecule has 0 radical (unpaired) electrons. The van der Waals surface area contributed by atoms with E-state index >= 15 is 0 Å². The predicted octanol–water partition coefficient (Wildman–Crippen LogP) is 3.29. The van der Waals surface area contributed by atoms with Crippen LogP contribution in [0.4, 0.5) is 4.39 Å². The molecule has 0 fully saturated rings. The second-order valence-electron chi connectivity index (χ2n) is 6.29. The van der Waals surface area contributed by atoms with E-state index in [-0.39, 0.29) is 18.3 Å². The Kier molecular flexibility index (Phi) is 5.54. The van der Waals surface area contributed by atoms with Gasteiger partial charge < -0.3 is 14.5 Å². The van der Waals surface area contributed by atoms with Crippen molar-refractivity contribution in [3.05, 3.63) is 75.4 Å². The number of hydrogen-bond acceptors (Lipinski definition) is 4. The quantitative estimate of drug-likeness (QED) is 0.677. The molecule has 0 saturated carbocycles. The van der Waals surface area contributed by atoms with Crippen molar-refractivity contribution in [3.8, 4) is 5.75 Å². The summed E-state index contributed by atoms with van der Waals surface area (Å²) in [5, 5.41) is 3.53. The molecule has 1 amide bonds. The Balaban J connectivity index is 1.59. The van der Waals surface area contributed by atoms with Crippen molar-refractivity contribution in [2.45, 2.75) is 20.3 Å². The number of rotatable bonds is 6. The van der Waals surface area contributed by atoms with Crippen molar-refractivity contribution in [1.29, 1.82) is 0 Å². The zero-order valence-electron chi connectivity index (χ0n) is 15.2. The molecule has 0 aliphatic heterocycles. The first kappa shape index (κ1) is 18.6. The van der Waals surface area contributed by atoms with Crippen LogP contribution in [0.15, 0.2) is 51.7 Å². The molecule has 0 aliphatic rings. The maximum atomic E-state index is 13.5. The molecular formula is C21H20FNO4. The van der Waals surface area contributed by atoms with Crippen LogP contribution in [-0.4, -0.2) is 19.1 Å². The van der Waals surface area contributed by atoms with Gasteiger partial charge in [-0.15, -0.1) is 0 Å². The molecule has 2 aromatic carbocycles. The van der Waals surface area contributed by atoms with Crippen LogP contribution in [0, 0.1) is 19.7 Å². The maximum Gasteiger partial charge on any atom is 0.336 e. The highest BCUT2D eigenvalue weighted by atomic mass is 19.1. The van der Waals surface area contributed by atoms with Crippen molar-refractivity contribution in [2.24, 2.45) is 0 Å². The molecule has 0 aliphatic carbocycles. The lowest BCUT2D eigenvalue weighted by Gasteiger charge is -2.11. The van der Waals surface area contributed by atoms with Gasteiger partial charge in [0.15, 0.2) is 6.61 Å². The average Bonchev–Trinajstić information content (AvgIpc) is 2.63. The number of halogens is 1. The van der Waals surface area contributed by atoms with Crippen molar-refractivity contribution in [3.63, 3.8) is 0 Å². The summed E-state index contributed by atoms with van der Waals surface area (Å²) in [6, 6.07) is 11.4. The van der Waals surface area contributed by atoms with Gasteiger partial charge in [0.05, 0.1) is 0 Å². The Hall–Kier alpha value is -3.15. The number of nitrogens with one attached hydrogen (secondary N) is 1. The third kappa shape index (κ3) is 4.34. The molecule has 27 heavy (non-hydrogen) atoms. The molecule has 5 nitrogen and oxygen atoms in total. The standard InChI is InChI=1S/C21H20FNO4/c1-13-11-20(25)27-21-14(2)18(8-7-16(13)21)26-12-19(24)23-10-9-15-5-3-4-6-17(15)22/h3-8,11H,9-10,12H2,1-2H3,(H,23,24). The van der Waals surface area contributed by atoms with Crippen LogP contribution in [0.2, 0.25) is 0 Å². The van der Waals surface area contributed by atoms with Crippen LogP contribution in [0.25, 0.3) is 11.0 Å². The molecule has 140 valence electrons. The largest absolute Gasteiger partial charge is 0.483 e. The number of aryl methyl sites for hydroxylation is 2. The molecule has 0 atom stereocenters. The molecule has 1 N–H and O–H groups in total. The van der Waals surface area contributed by atoms with Gasteiger partial charge >= 0.3 is 5.63 Å². The number of hydrogen-bond donors (Lipinski definition) is 1. The summed E-state index contributed by atoms with van der Waals surface area (Å²) >= 11 is 0. The van der Waals surface area contributed by atoms with Gasteiger partial charge in [-0.25, -0.2) is 9.18 Å². The van der Waals surface area contributed by atoms with E-state index in [0.717, 1.165) is 10.9 Å². The summed E-state index contributed by atoms with van der Waals surface area (Å²) in [4.78, 5) is 23.6. The number of carbonyl (C=O) groups is 1. The van der Waals surface area contributed by atoms with Gasteiger partial charge in [-0.05, 0) is 49.6 Å². The lowest BCUT2D eigenvalue weighted by Crippen LogP contribution is -2.30. The highest BCUT2D eigenvalue weighted by Crippen LogP contribution is 2.28. The van der Waals surface area contributed by atoms with Gasteiger partial charge in [-0.2, -0.15) is 0 Å². The molecule has 6 heteroatoms. The fraction of sp³-hybridized carbons (Fsp3) is 0.238. The van der Waals surface area contributed by atoms with E-state index in [1.807, 2.05) is 6.92 Å². The number of amides is 1. The fourth-order valence-corrected chi connectivity index (χ4v) is 2.89. The molecule has 0 unspecified atom stereocenters. The lowest BCUT2D eigenvalue weighted by atomic mass is 10.1. The Morgan fingerprint density at radius 2 is 1.96 bits per heavy atom. The van der Waals surface area contributed by atoms with E-state index in [1.54, 1.807) is 37.3 Å². The highest BCUT2D eigenvalue weighted by molar-refractivity contribution is 5.85. The van der Waals surface area contributed by atoms with Crippen LogP contribution in [-0.2, 0) is 11.2 Å². The zero-order valence-corrected chi connectivity index (χ0v) is 15.2. The van der Waals surface area contributed by atoms with Crippen LogP contribution in [0.5, 0.6) is 5.75 Å². The third-order valence-corrected chi connectivity index (χ3v) is 4.35. The Morgan fingerprint density at radius 3 is 2.74 bits per heavy atom.